The highest BCUT2D eigenvalue weighted by atomic mass is 32.2. The number of nitrogens with one attached hydrogen (secondary N) is 1. The average Bonchev–Trinajstić information content (AvgIpc) is 2.41. The van der Waals surface area contributed by atoms with E-state index in [2.05, 4.69) is 20.2 Å². The minimum atomic E-state index is -0.628. The molecule has 0 radical (unpaired) electrons. The van der Waals surface area contributed by atoms with E-state index in [0.717, 1.165) is 0 Å². The van der Waals surface area contributed by atoms with Crippen LogP contribution >= 0.6 is 11.8 Å². The molecule has 0 bridgehead atoms. The molecule has 0 unspecified atom stereocenters. The Morgan fingerprint density at radius 2 is 2.00 bits per heavy atom. The van der Waals surface area contributed by atoms with Gasteiger partial charge in [0.15, 0.2) is 5.16 Å². The fraction of sp³-hybridized carbons (Fsp3) is 0.0909. The van der Waals surface area contributed by atoms with Crippen molar-refractivity contribution in [2.24, 2.45) is 10.2 Å². The lowest BCUT2D eigenvalue weighted by molar-refractivity contribution is 0.462. The Morgan fingerprint density at radius 1 is 1.28 bits per heavy atom. The van der Waals surface area contributed by atoms with E-state index < -0.39 is 11.3 Å². The summed E-state index contributed by atoms with van der Waals surface area (Å²) in [7, 11) is 0. The van der Waals surface area contributed by atoms with Crippen molar-refractivity contribution in [1.82, 2.24) is 9.97 Å². The Hall–Kier alpha value is -2.15. The second kappa shape index (κ2) is 5.46. The van der Waals surface area contributed by atoms with Crippen LogP contribution in [-0.4, -0.2) is 21.3 Å². The molecule has 0 saturated carbocycles. The first-order valence-electron chi connectivity index (χ1n) is 5.05. The molecular formula is C11H10N4O2S. The van der Waals surface area contributed by atoms with Gasteiger partial charge in [0.25, 0.3) is 5.56 Å². The van der Waals surface area contributed by atoms with Crippen LogP contribution in [0.5, 0.6) is 5.75 Å². The predicted octanol–water partition coefficient (Wildman–Crippen LogP) is 2.61. The summed E-state index contributed by atoms with van der Waals surface area (Å²) in [6.07, 6.45) is 1.76. The molecule has 1 aromatic heterocycles. The molecule has 0 spiro atoms. The summed E-state index contributed by atoms with van der Waals surface area (Å²) in [5.41, 5.74) is -0.0129. The largest absolute Gasteiger partial charge is 0.500 e. The number of aromatic nitrogens is 2. The second-order valence-electron chi connectivity index (χ2n) is 3.28. The van der Waals surface area contributed by atoms with E-state index in [4.69, 9.17) is 0 Å². The van der Waals surface area contributed by atoms with Gasteiger partial charge in [-0.1, -0.05) is 30.0 Å². The molecule has 1 aromatic carbocycles. The lowest BCUT2D eigenvalue weighted by Crippen LogP contribution is -2.07. The highest BCUT2D eigenvalue weighted by Crippen LogP contribution is 2.23. The summed E-state index contributed by atoms with van der Waals surface area (Å²) in [5.74, 6) is -0.626. The molecule has 0 aliphatic rings. The smallest absolute Gasteiger partial charge is 0.296 e. The van der Waals surface area contributed by atoms with Crippen LogP contribution in [0.3, 0.4) is 0 Å². The van der Waals surface area contributed by atoms with E-state index in [1.54, 1.807) is 18.4 Å². The Morgan fingerprint density at radius 3 is 2.67 bits per heavy atom. The third-order valence-corrected chi connectivity index (χ3v) is 2.64. The van der Waals surface area contributed by atoms with Crippen LogP contribution in [-0.2, 0) is 0 Å². The monoisotopic (exact) mass is 262 g/mol. The lowest BCUT2D eigenvalue weighted by Gasteiger charge is -1.99. The quantitative estimate of drug-likeness (QED) is 0.505. The van der Waals surface area contributed by atoms with Gasteiger partial charge in [-0.2, -0.15) is 4.98 Å². The molecule has 0 atom stereocenters. The molecule has 0 amide bonds. The van der Waals surface area contributed by atoms with E-state index in [-0.39, 0.29) is 5.82 Å². The van der Waals surface area contributed by atoms with Crippen molar-refractivity contribution in [3.05, 3.63) is 40.7 Å². The van der Waals surface area contributed by atoms with Gasteiger partial charge in [-0.3, -0.25) is 9.78 Å². The number of aromatic amines is 1. The van der Waals surface area contributed by atoms with Crippen LogP contribution in [0.2, 0.25) is 0 Å². The minimum Gasteiger partial charge on any atom is -0.500 e. The molecule has 2 aromatic rings. The zero-order valence-electron chi connectivity index (χ0n) is 9.49. The van der Waals surface area contributed by atoms with Crippen molar-refractivity contribution in [3.8, 4) is 5.75 Å². The topological polar surface area (TPSA) is 90.7 Å². The molecule has 92 valence electrons. The van der Waals surface area contributed by atoms with Crippen LogP contribution < -0.4 is 5.56 Å². The highest BCUT2D eigenvalue weighted by Gasteiger charge is 2.09. The first-order chi connectivity index (χ1) is 8.70. The molecule has 0 aliphatic carbocycles. The zero-order valence-corrected chi connectivity index (χ0v) is 10.3. The van der Waals surface area contributed by atoms with Gasteiger partial charge in [0.2, 0.25) is 11.6 Å². The molecule has 0 saturated heterocycles. The summed E-state index contributed by atoms with van der Waals surface area (Å²) < 4.78 is 0. The van der Waals surface area contributed by atoms with Crippen molar-refractivity contribution >= 4 is 23.3 Å². The lowest BCUT2D eigenvalue weighted by atomic mass is 10.3. The van der Waals surface area contributed by atoms with Crippen LogP contribution in [0.15, 0.2) is 50.5 Å². The van der Waals surface area contributed by atoms with Crippen LogP contribution in [0.1, 0.15) is 0 Å². The van der Waals surface area contributed by atoms with Crippen molar-refractivity contribution in [2.45, 2.75) is 5.16 Å². The fourth-order valence-corrected chi connectivity index (χ4v) is 1.57. The number of thioether (sulfide) groups is 1. The van der Waals surface area contributed by atoms with E-state index >= 15 is 0 Å². The maximum Gasteiger partial charge on any atom is 0.296 e. The van der Waals surface area contributed by atoms with Gasteiger partial charge in [-0.05, 0) is 18.4 Å². The van der Waals surface area contributed by atoms with Crippen molar-refractivity contribution in [2.75, 3.05) is 6.26 Å². The van der Waals surface area contributed by atoms with E-state index in [1.165, 1.54) is 11.8 Å². The number of azo groups is 1. The number of nitrogens with zero attached hydrogens (tertiary/aromatic N) is 3. The van der Waals surface area contributed by atoms with Gasteiger partial charge in [0, 0.05) is 0 Å². The molecule has 18 heavy (non-hydrogen) atoms. The Balaban J connectivity index is 2.37. The van der Waals surface area contributed by atoms with Crippen molar-refractivity contribution < 1.29 is 5.11 Å². The minimum absolute atomic E-state index is 0.0908. The number of benzene rings is 1. The summed E-state index contributed by atoms with van der Waals surface area (Å²) >= 11 is 1.25. The molecular weight excluding hydrogens is 252 g/mol. The summed E-state index contributed by atoms with van der Waals surface area (Å²) in [6, 6.07) is 8.99. The third kappa shape index (κ3) is 2.75. The van der Waals surface area contributed by atoms with Gasteiger partial charge < -0.3 is 5.11 Å². The molecule has 1 heterocycles. The number of hydrogen-bond donors (Lipinski definition) is 2. The van der Waals surface area contributed by atoms with E-state index in [9.17, 15) is 9.90 Å². The molecule has 2 rings (SSSR count). The van der Waals surface area contributed by atoms with Gasteiger partial charge in [0.1, 0.15) is 0 Å². The molecule has 0 fully saturated rings. The molecule has 2 N–H and O–H groups in total. The maximum absolute atomic E-state index is 11.4. The number of H-pyrrole nitrogens is 1. The third-order valence-electron chi connectivity index (χ3n) is 2.06. The van der Waals surface area contributed by atoms with Gasteiger partial charge in [0.05, 0.1) is 5.69 Å². The number of aromatic hydroxyl groups is 1. The summed E-state index contributed by atoms with van der Waals surface area (Å²) in [5, 5.41) is 17.6. The Bertz CT molecular complexity index is 625. The fourth-order valence-electron chi connectivity index (χ4n) is 1.20. The van der Waals surface area contributed by atoms with Crippen LogP contribution in [0.4, 0.5) is 11.5 Å². The molecule has 7 heteroatoms. The predicted molar refractivity (Wildman–Crippen MR) is 68.9 cm³/mol. The zero-order chi connectivity index (χ0) is 13.0. The normalized spacial score (nSPS) is 10.9. The Labute approximate surface area is 107 Å². The van der Waals surface area contributed by atoms with Gasteiger partial charge in [-0.25, -0.2) is 0 Å². The Kier molecular flexibility index (Phi) is 3.73. The van der Waals surface area contributed by atoms with E-state index in [1.807, 2.05) is 18.2 Å². The highest BCUT2D eigenvalue weighted by molar-refractivity contribution is 7.98. The van der Waals surface area contributed by atoms with E-state index in [0.29, 0.717) is 10.8 Å². The van der Waals surface area contributed by atoms with Crippen molar-refractivity contribution in [1.29, 1.82) is 0 Å². The SMILES string of the molecule is CSc1nc(N=Nc2ccccc2)c(O)c(=O)[nH]1. The summed E-state index contributed by atoms with van der Waals surface area (Å²) in [6.45, 7) is 0. The first kappa shape index (κ1) is 12.3. The molecule has 6 nitrogen and oxygen atoms in total. The maximum atomic E-state index is 11.4. The van der Waals surface area contributed by atoms with Crippen molar-refractivity contribution in [3.63, 3.8) is 0 Å². The van der Waals surface area contributed by atoms with Gasteiger partial charge >= 0.3 is 0 Å². The van der Waals surface area contributed by atoms with Crippen LogP contribution in [0, 0.1) is 0 Å². The number of hydrogen-bond acceptors (Lipinski definition) is 6. The summed E-state index contributed by atoms with van der Waals surface area (Å²) in [4.78, 5) is 17.7. The first-order valence-corrected chi connectivity index (χ1v) is 6.27. The number of rotatable bonds is 3. The molecule has 0 aliphatic heterocycles. The van der Waals surface area contributed by atoms with Gasteiger partial charge in [-0.15, -0.1) is 10.2 Å². The standard InChI is InChI=1S/C11H10N4O2S/c1-18-11-12-9(8(16)10(17)13-11)15-14-7-5-3-2-4-6-7/h2-6,16H,1H3,(H,12,13,17). The average molecular weight is 262 g/mol. The van der Waals surface area contributed by atoms with Crippen LogP contribution in [0.25, 0.3) is 0 Å². The second-order valence-corrected chi connectivity index (χ2v) is 4.08.